The highest BCUT2D eigenvalue weighted by Crippen LogP contribution is 2.48. The number of methoxy groups -OCH3 is 1. The van der Waals surface area contributed by atoms with E-state index in [2.05, 4.69) is 91.0 Å². The highest BCUT2D eigenvalue weighted by atomic mass is 32.1. The summed E-state index contributed by atoms with van der Waals surface area (Å²) < 4.78 is 13.7. The second-order valence-corrected chi connectivity index (χ2v) is 11.0. The monoisotopic (exact) mass is 550 g/mol. The van der Waals surface area contributed by atoms with Crippen LogP contribution in [0.4, 0.5) is 0 Å². The Labute approximate surface area is 242 Å². The number of benzene rings is 6. The zero-order valence-corrected chi connectivity index (χ0v) is 23.3. The van der Waals surface area contributed by atoms with Gasteiger partial charge >= 0.3 is 5.97 Å². The fourth-order valence-electron chi connectivity index (χ4n) is 5.63. The quantitative estimate of drug-likeness (QED) is 0.193. The first-order valence-corrected chi connectivity index (χ1v) is 14.3. The van der Waals surface area contributed by atoms with Crippen LogP contribution in [0.2, 0.25) is 0 Å². The topological polar surface area (TPSA) is 35.5 Å². The number of rotatable bonds is 6. The molecule has 0 saturated carbocycles. The fraction of sp³-hybridized carbons (Fsp3) is 0.0541. The second-order valence-electron chi connectivity index (χ2n) is 9.94. The van der Waals surface area contributed by atoms with Gasteiger partial charge in [0.15, 0.2) is 6.61 Å². The summed E-state index contributed by atoms with van der Waals surface area (Å²) in [6, 6.07) is 44.4. The largest absolute Gasteiger partial charge is 0.481 e. The average molecular weight is 551 g/mol. The Bertz CT molecular complexity index is 1980. The van der Waals surface area contributed by atoms with Crippen LogP contribution in [0, 0.1) is 0 Å². The Balaban J connectivity index is 1.61. The molecule has 7 aromatic rings. The van der Waals surface area contributed by atoms with Gasteiger partial charge in [-0.05, 0) is 57.3 Å². The van der Waals surface area contributed by atoms with Gasteiger partial charge in [0.25, 0.3) is 0 Å². The number of carbonyl (C=O) groups excluding carboxylic acids is 1. The lowest BCUT2D eigenvalue weighted by molar-refractivity contribution is -0.142. The summed E-state index contributed by atoms with van der Waals surface area (Å²) >= 11 is 1.83. The Morgan fingerprint density at radius 1 is 0.634 bits per heavy atom. The third-order valence-corrected chi connectivity index (χ3v) is 8.62. The molecule has 0 amide bonds. The third kappa shape index (κ3) is 4.52. The van der Waals surface area contributed by atoms with Crippen LogP contribution in [-0.2, 0) is 9.53 Å². The highest BCUT2D eigenvalue weighted by Gasteiger charge is 2.21. The van der Waals surface area contributed by atoms with Crippen molar-refractivity contribution in [3.63, 3.8) is 0 Å². The van der Waals surface area contributed by atoms with Crippen molar-refractivity contribution in [3.8, 4) is 39.1 Å². The summed E-state index contributed by atoms with van der Waals surface area (Å²) in [5, 5.41) is 4.91. The predicted molar refractivity (Wildman–Crippen MR) is 171 cm³/mol. The van der Waals surface area contributed by atoms with Crippen molar-refractivity contribution < 1.29 is 14.3 Å². The van der Waals surface area contributed by atoms with Crippen LogP contribution in [0.15, 0.2) is 127 Å². The molecule has 0 radical (unpaired) electrons. The Kier molecular flexibility index (Phi) is 6.46. The minimum absolute atomic E-state index is 0.177. The van der Waals surface area contributed by atoms with Crippen LogP contribution in [0.3, 0.4) is 0 Å². The van der Waals surface area contributed by atoms with E-state index < -0.39 is 5.97 Å². The molecule has 0 atom stereocenters. The molecule has 0 saturated heterocycles. The molecule has 0 aliphatic rings. The normalized spacial score (nSPS) is 11.2. The van der Waals surface area contributed by atoms with Gasteiger partial charge in [-0.1, -0.05) is 103 Å². The van der Waals surface area contributed by atoms with E-state index in [-0.39, 0.29) is 6.61 Å². The minimum Gasteiger partial charge on any atom is -0.481 e. The molecule has 0 bridgehead atoms. The molecule has 198 valence electrons. The number of fused-ring (bicyclic) bond motifs is 4. The molecule has 0 aliphatic carbocycles. The maximum absolute atomic E-state index is 12.2. The number of hydrogen-bond donors (Lipinski definition) is 0. The first-order valence-electron chi connectivity index (χ1n) is 13.5. The van der Waals surface area contributed by atoms with Crippen molar-refractivity contribution in [2.75, 3.05) is 13.7 Å². The summed E-state index contributed by atoms with van der Waals surface area (Å²) in [4.78, 5) is 12.2. The van der Waals surface area contributed by atoms with E-state index in [1.54, 1.807) is 0 Å². The van der Waals surface area contributed by atoms with E-state index in [0.717, 1.165) is 27.8 Å². The maximum atomic E-state index is 12.2. The first kappa shape index (κ1) is 25.1. The number of hydrogen-bond acceptors (Lipinski definition) is 4. The predicted octanol–water partition coefficient (Wildman–Crippen LogP) is 9.76. The smallest absolute Gasteiger partial charge is 0.343 e. The standard InChI is InChI=1S/C37H26O3S/c1-39-34(38)23-40-37-30(24-12-4-2-5-13-24)20-27(21-31(37)25-14-6-3-7-15-25)35-28-17-9-8-16-26(28)22-33-36(35)29-18-10-11-19-32(29)41-33/h2-22H,23H2,1H3. The van der Waals surface area contributed by atoms with Crippen molar-refractivity contribution >= 4 is 48.3 Å². The SMILES string of the molecule is COC(=O)COc1c(-c2ccccc2)cc(-c2c3ccccc3cc3sc4ccccc4c23)cc1-c1ccccc1. The van der Waals surface area contributed by atoms with Crippen molar-refractivity contribution in [1.29, 1.82) is 0 Å². The minimum atomic E-state index is -0.424. The number of esters is 1. The fourth-order valence-corrected chi connectivity index (χ4v) is 6.80. The van der Waals surface area contributed by atoms with Crippen molar-refractivity contribution in [2.45, 2.75) is 0 Å². The lowest BCUT2D eigenvalue weighted by atomic mass is 9.88. The Hall–Kier alpha value is -4.93. The number of ether oxygens (including phenoxy) is 2. The van der Waals surface area contributed by atoms with Gasteiger partial charge < -0.3 is 9.47 Å². The summed E-state index contributed by atoms with van der Waals surface area (Å²) in [5.41, 5.74) is 6.16. The van der Waals surface area contributed by atoms with Crippen molar-refractivity contribution in [3.05, 3.63) is 127 Å². The lowest BCUT2D eigenvalue weighted by Crippen LogP contribution is -2.13. The number of thiophene rings is 1. The molecule has 7 rings (SSSR count). The van der Waals surface area contributed by atoms with E-state index in [1.807, 2.05) is 47.7 Å². The molecule has 0 N–H and O–H groups in total. The molecule has 4 heteroatoms. The highest BCUT2D eigenvalue weighted by molar-refractivity contribution is 7.26. The van der Waals surface area contributed by atoms with Gasteiger partial charge in [-0.3, -0.25) is 0 Å². The summed E-state index contributed by atoms with van der Waals surface area (Å²) in [6.45, 7) is -0.177. The molecule has 0 aliphatic heterocycles. The molecular weight excluding hydrogens is 524 g/mol. The van der Waals surface area contributed by atoms with E-state index in [1.165, 1.54) is 43.6 Å². The molecule has 0 unspecified atom stereocenters. The van der Waals surface area contributed by atoms with Crippen LogP contribution >= 0.6 is 11.3 Å². The van der Waals surface area contributed by atoms with Gasteiger partial charge in [-0.25, -0.2) is 4.79 Å². The van der Waals surface area contributed by atoms with Gasteiger partial charge in [0.05, 0.1) is 7.11 Å². The zero-order valence-electron chi connectivity index (χ0n) is 22.5. The summed E-state index contributed by atoms with van der Waals surface area (Å²) in [5.74, 6) is 0.232. The van der Waals surface area contributed by atoms with Crippen LogP contribution in [-0.4, -0.2) is 19.7 Å². The molecule has 1 heterocycles. The Morgan fingerprint density at radius 2 is 1.22 bits per heavy atom. The number of carbonyl (C=O) groups is 1. The zero-order chi connectivity index (χ0) is 27.8. The van der Waals surface area contributed by atoms with Gasteiger partial charge in [0.2, 0.25) is 0 Å². The van der Waals surface area contributed by atoms with E-state index >= 15 is 0 Å². The van der Waals surface area contributed by atoms with Crippen LogP contribution in [0.1, 0.15) is 0 Å². The molecule has 0 fully saturated rings. The van der Waals surface area contributed by atoms with Crippen LogP contribution in [0.25, 0.3) is 64.3 Å². The van der Waals surface area contributed by atoms with Gasteiger partial charge in [-0.15, -0.1) is 11.3 Å². The molecule has 3 nitrogen and oxygen atoms in total. The van der Waals surface area contributed by atoms with Gasteiger partial charge in [-0.2, -0.15) is 0 Å². The lowest BCUT2D eigenvalue weighted by Gasteiger charge is -2.20. The van der Waals surface area contributed by atoms with E-state index in [0.29, 0.717) is 5.75 Å². The summed E-state index contributed by atoms with van der Waals surface area (Å²) in [6.07, 6.45) is 0. The maximum Gasteiger partial charge on any atom is 0.343 e. The second kappa shape index (κ2) is 10.6. The third-order valence-electron chi connectivity index (χ3n) is 7.50. The average Bonchev–Trinajstić information content (AvgIpc) is 3.41. The van der Waals surface area contributed by atoms with Crippen LogP contribution in [0.5, 0.6) is 5.75 Å². The molecule has 0 spiro atoms. The molecule has 41 heavy (non-hydrogen) atoms. The van der Waals surface area contributed by atoms with Crippen molar-refractivity contribution in [2.24, 2.45) is 0 Å². The Morgan fingerprint density at radius 3 is 1.88 bits per heavy atom. The van der Waals surface area contributed by atoms with Gasteiger partial charge in [0.1, 0.15) is 5.75 Å². The van der Waals surface area contributed by atoms with Crippen molar-refractivity contribution in [1.82, 2.24) is 0 Å². The van der Waals surface area contributed by atoms with Gasteiger partial charge in [0, 0.05) is 31.3 Å². The molecule has 6 aromatic carbocycles. The van der Waals surface area contributed by atoms with E-state index in [9.17, 15) is 4.79 Å². The van der Waals surface area contributed by atoms with Crippen LogP contribution < -0.4 is 4.74 Å². The molecular formula is C37H26O3S. The molecule has 1 aromatic heterocycles. The van der Waals surface area contributed by atoms with E-state index in [4.69, 9.17) is 9.47 Å². The first-order chi connectivity index (χ1) is 20.2. The summed E-state index contributed by atoms with van der Waals surface area (Å²) in [7, 11) is 1.38.